The number of hydrogen-bond acceptors (Lipinski definition) is 3. The summed E-state index contributed by atoms with van der Waals surface area (Å²) in [5.41, 5.74) is 0.0249. The third-order valence-electron chi connectivity index (χ3n) is 3.12. The van der Waals surface area contributed by atoms with Gasteiger partial charge in [-0.1, -0.05) is 12.1 Å². The first-order valence-corrected chi connectivity index (χ1v) is 8.76. The van der Waals surface area contributed by atoms with Crippen molar-refractivity contribution in [3.8, 4) is 5.75 Å². The molecule has 4 nitrogen and oxygen atoms in total. The SMILES string of the molecule is CCN(c1ccccc1F)S(=O)(=O)c1ccc(OC)c(Br)c1. The second-order valence-electron chi connectivity index (χ2n) is 4.42. The molecular weight excluding hydrogens is 373 g/mol. The highest BCUT2D eigenvalue weighted by atomic mass is 79.9. The molecule has 2 aromatic rings. The summed E-state index contributed by atoms with van der Waals surface area (Å²) < 4.78 is 46.1. The third-order valence-corrected chi connectivity index (χ3v) is 5.62. The maximum absolute atomic E-state index is 13.9. The van der Waals surface area contributed by atoms with E-state index in [4.69, 9.17) is 4.74 Å². The maximum Gasteiger partial charge on any atom is 0.264 e. The summed E-state index contributed by atoms with van der Waals surface area (Å²) >= 11 is 3.26. The summed E-state index contributed by atoms with van der Waals surface area (Å²) in [4.78, 5) is 0.0604. The van der Waals surface area contributed by atoms with E-state index in [2.05, 4.69) is 15.9 Å². The van der Waals surface area contributed by atoms with Crippen LogP contribution in [0.4, 0.5) is 10.1 Å². The van der Waals surface area contributed by atoms with E-state index < -0.39 is 15.8 Å². The molecule has 0 unspecified atom stereocenters. The first kappa shape index (κ1) is 16.8. The lowest BCUT2D eigenvalue weighted by atomic mass is 10.3. The molecule has 0 aromatic heterocycles. The van der Waals surface area contributed by atoms with Crippen LogP contribution in [0.3, 0.4) is 0 Å². The molecule has 0 bridgehead atoms. The second-order valence-corrected chi connectivity index (χ2v) is 7.13. The van der Waals surface area contributed by atoms with Gasteiger partial charge in [-0.25, -0.2) is 12.8 Å². The minimum Gasteiger partial charge on any atom is -0.496 e. The zero-order chi connectivity index (χ0) is 16.3. The van der Waals surface area contributed by atoms with Gasteiger partial charge in [0.05, 0.1) is 22.2 Å². The van der Waals surface area contributed by atoms with Crippen molar-refractivity contribution in [1.29, 1.82) is 0 Å². The highest BCUT2D eigenvalue weighted by Gasteiger charge is 2.26. The molecule has 0 atom stereocenters. The first-order chi connectivity index (χ1) is 10.4. The molecule has 0 radical (unpaired) electrons. The Morgan fingerprint density at radius 2 is 1.91 bits per heavy atom. The predicted molar refractivity (Wildman–Crippen MR) is 87.3 cm³/mol. The maximum atomic E-state index is 13.9. The summed E-state index contributed by atoms with van der Waals surface area (Å²) in [5.74, 6) is -0.0617. The van der Waals surface area contributed by atoms with Crippen LogP contribution >= 0.6 is 15.9 Å². The van der Waals surface area contributed by atoms with Crippen LogP contribution in [0.25, 0.3) is 0 Å². The molecule has 0 spiro atoms. The van der Waals surface area contributed by atoms with E-state index in [1.165, 1.54) is 37.4 Å². The second kappa shape index (κ2) is 6.66. The molecule has 0 heterocycles. The lowest BCUT2D eigenvalue weighted by Crippen LogP contribution is -2.31. The summed E-state index contributed by atoms with van der Waals surface area (Å²) in [6.07, 6.45) is 0. The van der Waals surface area contributed by atoms with Crippen molar-refractivity contribution in [3.05, 3.63) is 52.8 Å². The first-order valence-electron chi connectivity index (χ1n) is 6.52. The van der Waals surface area contributed by atoms with E-state index in [1.807, 2.05) is 0 Å². The molecule has 0 saturated carbocycles. The molecule has 7 heteroatoms. The van der Waals surface area contributed by atoms with Gasteiger partial charge in [0.15, 0.2) is 0 Å². The van der Waals surface area contributed by atoms with Crippen LogP contribution in [0.5, 0.6) is 5.75 Å². The van der Waals surface area contributed by atoms with Gasteiger partial charge in [-0.05, 0) is 53.2 Å². The molecule has 118 valence electrons. The molecule has 0 saturated heterocycles. The number of nitrogens with zero attached hydrogens (tertiary/aromatic N) is 1. The van der Waals surface area contributed by atoms with Gasteiger partial charge in [-0.2, -0.15) is 0 Å². The lowest BCUT2D eigenvalue weighted by Gasteiger charge is -2.23. The number of anilines is 1. The summed E-state index contributed by atoms with van der Waals surface area (Å²) in [7, 11) is -2.37. The summed E-state index contributed by atoms with van der Waals surface area (Å²) in [6.45, 7) is 1.77. The Hall–Kier alpha value is -1.60. The Balaban J connectivity index is 2.52. The molecule has 0 aliphatic rings. The van der Waals surface area contributed by atoms with Crippen molar-refractivity contribution in [2.24, 2.45) is 0 Å². The number of ether oxygens (including phenoxy) is 1. The average molecular weight is 388 g/mol. The van der Waals surface area contributed by atoms with E-state index >= 15 is 0 Å². The van der Waals surface area contributed by atoms with Crippen molar-refractivity contribution in [3.63, 3.8) is 0 Å². The zero-order valence-electron chi connectivity index (χ0n) is 12.1. The van der Waals surface area contributed by atoms with Crippen molar-refractivity contribution < 1.29 is 17.5 Å². The fourth-order valence-electron chi connectivity index (χ4n) is 2.06. The average Bonchev–Trinajstić information content (AvgIpc) is 2.49. The van der Waals surface area contributed by atoms with Gasteiger partial charge in [-0.15, -0.1) is 0 Å². The van der Waals surface area contributed by atoms with Gasteiger partial charge in [-0.3, -0.25) is 4.31 Å². The van der Waals surface area contributed by atoms with Gasteiger partial charge in [0, 0.05) is 6.54 Å². The van der Waals surface area contributed by atoms with Crippen LogP contribution < -0.4 is 9.04 Å². The molecule has 0 aliphatic carbocycles. The topological polar surface area (TPSA) is 46.6 Å². The van der Waals surface area contributed by atoms with E-state index in [9.17, 15) is 12.8 Å². The smallest absolute Gasteiger partial charge is 0.264 e. The molecule has 0 N–H and O–H groups in total. The number of halogens is 2. The van der Waals surface area contributed by atoms with Crippen LogP contribution in [0.2, 0.25) is 0 Å². The molecule has 0 aliphatic heterocycles. The minimum absolute atomic E-state index is 0.0249. The van der Waals surface area contributed by atoms with Crippen LogP contribution in [0.1, 0.15) is 6.92 Å². The normalized spacial score (nSPS) is 11.3. The Bertz CT molecular complexity index is 780. The fraction of sp³-hybridized carbons (Fsp3) is 0.200. The number of rotatable bonds is 5. The minimum atomic E-state index is -3.87. The molecule has 0 amide bonds. The zero-order valence-corrected chi connectivity index (χ0v) is 14.5. The van der Waals surface area contributed by atoms with Gasteiger partial charge < -0.3 is 4.74 Å². The Morgan fingerprint density at radius 1 is 1.23 bits per heavy atom. The van der Waals surface area contributed by atoms with Crippen LogP contribution in [-0.2, 0) is 10.0 Å². The molecular formula is C15H15BrFNO3S. The highest BCUT2D eigenvalue weighted by Crippen LogP contribution is 2.31. The van der Waals surface area contributed by atoms with Crippen LogP contribution in [0, 0.1) is 5.82 Å². The predicted octanol–water partition coefficient (Wildman–Crippen LogP) is 3.81. The largest absolute Gasteiger partial charge is 0.496 e. The highest BCUT2D eigenvalue weighted by molar-refractivity contribution is 9.10. The van der Waals surface area contributed by atoms with Crippen molar-refractivity contribution in [1.82, 2.24) is 0 Å². The van der Waals surface area contributed by atoms with Crippen molar-refractivity contribution >= 4 is 31.6 Å². The van der Waals surface area contributed by atoms with Gasteiger partial charge >= 0.3 is 0 Å². The van der Waals surface area contributed by atoms with Gasteiger partial charge in [0.1, 0.15) is 11.6 Å². The number of hydrogen-bond donors (Lipinski definition) is 0. The van der Waals surface area contributed by atoms with E-state index in [-0.39, 0.29) is 17.1 Å². The molecule has 2 aromatic carbocycles. The van der Waals surface area contributed by atoms with Gasteiger partial charge in [0.2, 0.25) is 0 Å². The standard InChI is InChI=1S/C15H15BrFNO3S/c1-3-18(14-7-5-4-6-13(14)17)22(19,20)11-8-9-15(21-2)12(16)10-11/h4-10H,3H2,1-2H3. The summed E-state index contributed by atoms with van der Waals surface area (Å²) in [6, 6.07) is 10.2. The monoisotopic (exact) mass is 387 g/mol. The Morgan fingerprint density at radius 3 is 2.45 bits per heavy atom. The number of para-hydroxylation sites is 1. The Labute approximate surface area is 137 Å². The number of sulfonamides is 1. The van der Waals surface area contributed by atoms with Crippen molar-refractivity contribution in [2.75, 3.05) is 18.0 Å². The number of benzene rings is 2. The van der Waals surface area contributed by atoms with Gasteiger partial charge in [0.25, 0.3) is 10.0 Å². The third kappa shape index (κ3) is 3.10. The Kier molecular flexibility index (Phi) is 5.08. The van der Waals surface area contributed by atoms with E-state index in [0.717, 1.165) is 4.31 Å². The van der Waals surface area contributed by atoms with E-state index in [0.29, 0.717) is 10.2 Å². The summed E-state index contributed by atoms with van der Waals surface area (Å²) in [5, 5.41) is 0. The van der Waals surface area contributed by atoms with Crippen LogP contribution in [-0.4, -0.2) is 22.1 Å². The number of methoxy groups -OCH3 is 1. The van der Waals surface area contributed by atoms with Crippen LogP contribution in [0.15, 0.2) is 51.8 Å². The molecule has 0 fully saturated rings. The molecule has 22 heavy (non-hydrogen) atoms. The lowest BCUT2D eigenvalue weighted by molar-refractivity contribution is 0.411. The van der Waals surface area contributed by atoms with Crippen molar-refractivity contribution in [2.45, 2.75) is 11.8 Å². The fourth-order valence-corrected chi connectivity index (χ4v) is 4.26. The quantitative estimate of drug-likeness (QED) is 0.783. The molecule has 2 rings (SSSR count). The van der Waals surface area contributed by atoms with E-state index in [1.54, 1.807) is 19.1 Å².